The normalized spacial score (nSPS) is 11.1. The molecule has 6 heteroatoms. The summed E-state index contributed by atoms with van der Waals surface area (Å²) in [5.74, 6) is -0.499. The van der Waals surface area contributed by atoms with Crippen molar-refractivity contribution in [3.8, 4) is 5.75 Å². The zero-order chi connectivity index (χ0) is 15.5. The van der Waals surface area contributed by atoms with E-state index in [-0.39, 0.29) is 4.90 Å². The molecule has 0 aromatic heterocycles. The molecule has 2 aromatic rings. The average Bonchev–Trinajstić information content (AvgIpc) is 2.47. The molecule has 0 aliphatic carbocycles. The topological polar surface area (TPSA) is 60.4 Å². The van der Waals surface area contributed by atoms with Crippen LogP contribution < -0.4 is 4.74 Å². The molecule has 0 N–H and O–H groups in total. The number of rotatable bonds is 5. The largest absolute Gasteiger partial charge is 0.497 e. The molecule has 21 heavy (non-hydrogen) atoms. The highest BCUT2D eigenvalue weighted by Gasteiger charge is 2.20. The van der Waals surface area contributed by atoms with Crippen LogP contribution in [0.15, 0.2) is 53.4 Å². The number of carbonyl (C=O) groups is 1. The molecule has 0 saturated carbocycles. The predicted molar refractivity (Wildman–Crippen MR) is 80.8 cm³/mol. The molecule has 4 nitrogen and oxygen atoms in total. The standard InChI is InChI=1S/C15H13ClO4S/c1-20-13-6-8-14(9-7-13)21(18,19)10-15(17)11-2-4-12(16)5-3-11/h2-9H,10H2,1H3. The Morgan fingerprint density at radius 1 is 1.05 bits per heavy atom. The van der Waals surface area contributed by atoms with Crippen LogP contribution in [0.2, 0.25) is 5.02 Å². The highest BCUT2D eigenvalue weighted by atomic mass is 35.5. The van der Waals surface area contributed by atoms with Crippen molar-refractivity contribution in [3.63, 3.8) is 0 Å². The van der Waals surface area contributed by atoms with Crippen LogP contribution in [0.5, 0.6) is 5.75 Å². The highest BCUT2D eigenvalue weighted by molar-refractivity contribution is 7.92. The van der Waals surface area contributed by atoms with E-state index in [1.54, 1.807) is 24.3 Å². The van der Waals surface area contributed by atoms with Crippen LogP contribution in [-0.4, -0.2) is 27.1 Å². The van der Waals surface area contributed by atoms with E-state index in [1.165, 1.54) is 31.4 Å². The van der Waals surface area contributed by atoms with Gasteiger partial charge in [-0.15, -0.1) is 0 Å². The minimum atomic E-state index is -3.68. The summed E-state index contributed by atoms with van der Waals surface area (Å²) >= 11 is 5.73. The molecule has 0 aliphatic rings. The molecule has 0 saturated heterocycles. The van der Waals surface area contributed by atoms with Crippen molar-refractivity contribution in [1.29, 1.82) is 0 Å². The average molecular weight is 325 g/mol. The first-order valence-electron chi connectivity index (χ1n) is 6.08. The maximum Gasteiger partial charge on any atom is 0.185 e. The molecule has 0 heterocycles. The number of Topliss-reactive ketones (excluding diaryl/α,β-unsaturated/α-hetero) is 1. The molecule has 0 unspecified atom stereocenters. The number of hydrogen-bond acceptors (Lipinski definition) is 4. The first-order chi connectivity index (χ1) is 9.92. The fourth-order valence-electron chi connectivity index (χ4n) is 1.76. The molecule has 2 rings (SSSR count). The lowest BCUT2D eigenvalue weighted by Crippen LogP contribution is -2.16. The van der Waals surface area contributed by atoms with Gasteiger partial charge in [-0.1, -0.05) is 11.6 Å². The van der Waals surface area contributed by atoms with Gasteiger partial charge in [-0.2, -0.15) is 0 Å². The Morgan fingerprint density at radius 2 is 1.62 bits per heavy atom. The van der Waals surface area contributed by atoms with Gasteiger partial charge in [0.15, 0.2) is 15.6 Å². The van der Waals surface area contributed by atoms with E-state index in [2.05, 4.69) is 0 Å². The van der Waals surface area contributed by atoms with E-state index in [0.29, 0.717) is 16.3 Å². The second kappa shape index (κ2) is 6.28. The van der Waals surface area contributed by atoms with Gasteiger partial charge in [0.05, 0.1) is 12.0 Å². The Kier molecular flexibility index (Phi) is 4.65. The Bertz CT molecular complexity index is 734. The van der Waals surface area contributed by atoms with E-state index >= 15 is 0 Å². The van der Waals surface area contributed by atoms with Crippen LogP contribution in [0.25, 0.3) is 0 Å². The van der Waals surface area contributed by atoms with Gasteiger partial charge in [0.2, 0.25) is 0 Å². The van der Waals surface area contributed by atoms with Crippen LogP contribution in [0.1, 0.15) is 10.4 Å². The monoisotopic (exact) mass is 324 g/mol. The molecule has 110 valence electrons. The Hall–Kier alpha value is -1.85. The van der Waals surface area contributed by atoms with E-state index in [1.807, 2.05) is 0 Å². The lowest BCUT2D eigenvalue weighted by Gasteiger charge is -2.05. The van der Waals surface area contributed by atoms with E-state index in [0.717, 1.165) is 0 Å². The first kappa shape index (κ1) is 15.5. The third-order valence-electron chi connectivity index (χ3n) is 2.91. The number of sulfone groups is 1. The minimum absolute atomic E-state index is 0.0885. The van der Waals surface area contributed by atoms with Crippen LogP contribution in [0.4, 0.5) is 0 Å². The Balaban J connectivity index is 2.20. The summed E-state index contributed by atoms with van der Waals surface area (Å²) in [4.78, 5) is 12.1. The third-order valence-corrected chi connectivity index (χ3v) is 4.79. The minimum Gasteiger partial charge on any atom is -0.497 e. The number of halogens is 1. The van der Waals surface area contributed by atoms with E-state index in [4.69, 9.17) is 16.3 Å². The van der Waals surface area contributed by atoms with Gasteiger partial charge in [0.25, 0.3) is 0 Å². The van der Waals surface area contributed by atoms with Crippen molar-refractivity contribution in [2.24, 2.45) is 0 Å². The highest BCUT2D eigenvalue weighted by Crippen LogP contribution is 2.18. The van der Waals surface area contributed by atoms with E-state index < -0.39 is 21.4 Å². The van der Waals surface area contributed by atoms with Crippen molar-refractivity contribution >= 4 is 27.2 Å². The van der Waals surface area contributed by atoms with Gasteiger partial charge in [-0.05, 0) is 48.5 Å². The number of carbonyl (C=O) groups excluding carboxylic acids is 1. The summed E-state index contributed by atoms with van der Waals surface area (Å²) in [7, 11) is -2.19. The lowest BCUT2D eigenvalue weighted by molar-refractivity contribution is 0.102. The number of methoxy groups -OCH3 is 1. The van der Waals surface area contributed by atoms with Crippen LogP contribution in [-0.2, 0) is 9.84 Å². The molecular weight excluding hydrogens is 312 g/mol. The van der Waals surface area contributed by atoms with Gasteiger partial charge in [-0.3, -0.25) is 4.79 Å². The third kappa shape index (κ3) is 3.83. The van der Waals surface area contributed by atoms with Crippen molar-refractivity contribution in [2.75, 3.05) is 12.9 Å². The van der Waals surface area contributed by atoms with Gasteiger partial charge in [0.1, 0.15) is 11.5 Å². The molecular formula is C15H13ClO4S. The summed E-state index contributed by atoms with van der Waals surface area (Å²) in [6.45, 7) is 0. The van der Waals surface area contributed by atoms with Gasteiger partial charge < -0.3 is 4.74 Å². The zero-order valence-corrected chi connectivity index (χ0v) is 12.8. The SMILES string of the molecule is COc1ccc(S(=O)(=O)CC(=O)c2ccc(Cl)cc2)cc1. The maximum absolute atomic E-state index is 12.2. The molecule has 0 aliphatic heterocycles. The summed E-state index contributed by atoms with van der Waals surface area (Å²) in [6, 6.07) is 12.0. The summed E-state index contributed by atoms with van der Waals surface area (Å²) in [6.07, 6.45) is 0. The predicted octanol–water partition coefficient (Wildman–Crippen LogP) is 3.01. The molecule has 2 aromatic carbocycles. The van der Waals surface area contributed by atoms with Gasteiger partial charge in [0, 0.05) is 10.6 Å². The van der Waals surface area contributed by atoms with Crippen molar-refractivity contribution in [2.45, 2.75) is 4.90 Å². The quantitative estimate of drug-likeness (QED) is 0.793. The summed E-state index contributed by atoms with van der Waals surface area (Å²) in [5.41, 5.74) is 0.316. The number of benzene rings is 2. The number of hydrogen-bond donors (Lipinski definition) is 0. The van der Waals surface area contributed by atoms with Gasteiger partial charge >= 0.3 is 0 Å². The Morgan fingerprint density at radius 3 is 2.14 bits per heavy atom. The van der Waals surface area contributed by atoms with Crippen molar-refractivity contribution < 1.29 is 17.9 Å². The van der Waals surface area contributed by atoms with E-state index in [9.17, 15) is 13.2 Å². The molecule has 0 atom stereocenters. The fraction of sp³-hybridized carbons (Fsp3) is 0.133. The zero-order valence-electron chi connectivity index (χ0n) is 11.2. The molecule has 0 fully saturated rings. The number of ether oxygens (including phenoxy) is 1. The van der Waals surface area contributed by atoms with Crippen LogP contribution >= 0.6 is 11.6 Å². The smallest absolute Gasteiger partial charge is 0.185 e. The van der Waals surface area contributed by atoms with Crippen LogP contribution in [0, 0.1) is 0 Å². The maximum atomic E-state index is 12.2. The van der Waals surface area contributed by atoms with Crippen molar-refractivity contribution in [3.05, 3.63) is 59.1 Å². The molecule has 0 amide bonds. The molecule has 0 spiro atoms. The Labute approximate surface area is 128 Å². The number of ketones is 1. The van der Waals surface area contributed by atoms with Crippen molar-refractivity contribution in [1.82, 2.24) is 0 Å². The second-order valence-corrected chi connectivity index (χ2v) is 6.79. The first-order valence-corrected chi connectivity index (χ1v) is 8.11. The summed E-state index contributed by atoms with van der Waals surface area (Å²) < 4.78 is 29.4. The molecule has 0 bridgehead atoms. The van der Waals surface area contributed by atoms with Crippen LogP contribution in [0.3, 0.4) is 0 Å². The second-order valence-electron chi connectivity index (χ2n) is 4.36. The fourth-order valence-corrected chi connectivity index (χ4v) is 3.11. The summed E-state index contributed by atoms with van der Waals surface area (Å²) in [5, 5.41) is 0.490. The molecule has 0 radical (unpaired) electrons. The van der Waals surface area contributed by atoms with Gasteiger partial charge in [-0.25, -0.2) is 8.42 Å². The lowest BCUT2D eigenvalue weighted by atomic mass is 10.1.